The maximum Gasteiger partial charge on any atom is 0.264 e. The van der Waals surface area contributed by atoms with Gasteiger partial charge in [-0.05, 0) is 40.5 Å². The number of aromatic nitrogens is 1. The van der Waals surface area contributed by atoms with Gasteiger partial charge < -0.3 is 0 Å². The van der Waals surface area contributed by atoms with Gasteiger partial charge in [0.25, 0.3) is 10.0 Å². The Balaban J connectivity index is 2.56. The molecule has 0 radical (unpaired) electrons. The Morgan fingerprint density at radius 3 is 2.33 bits per heavy atom. The molecule has 9 heteroatoms. The Morgan fingerprint density at radius 1 is 1.19 bits per heavy atom. The molecule has 1 N–H and O–H groups in total. The zero-order valence-corrected chi connectivity index (χ0v) is 15.2. The lowest BCUT2D eigenvalue weighted by Crippen LogP contribution is -2.15. The summed E-state index contributed by atoms with van der Waals surface area (Å²) in [5, 5.41) is 0.0703. The molecule has 0 fully saturated rings. The Hall–Kier alpha value is -0.530. The van der Waals surface area contributed by atoms with Crippen LogP contribution in [0.25, 0.3) is 0 Å². The first kappa shape index (κ1) is 16.8. The van der Waals surface area contributed by atoms with Crippen molar-refractivity contribution in [2.45, 2.75) is 11.8 Å². The molecule has 0 bridgehead atoms. The Kier molecular flexibility index (Phi) is 5.05. The molecule has 0 saturated heterocycles. The third kappa shape index (κ3) is 3.46. The predicted octanol–water partition coefficient (Wildman–Crippen LogP) is 4.91. The monoisotopic (exact) mass is 428 g/mol. The van der Waals surface area contributed by atoms with E-state index in [1.807, 2.05) is 0 Å². The molecule has 2 rings (SSSR count). The standard InChI is InChI=1S/C12H8BrCl3N2O2S/c1-6-7(13)5-17-12(16)10(6)18-21(19,20)11-8(14)3-2-4-9(11)15/h2-5,18H,1H3. The second-order valence-corrected chi connectivity index (χ2v) is 7.70. The number of rotatable bonds is 3. The van der Waals surface area contributed by atoms with Crippen molar-refractivity contribution in [2.24, 2.45) is 0 Å². The van der Waals surface area contributed by atoms with E-state index in [9.17, 15) is 8.42 Å². The van der Waals surface area contributed by atoms with Gasteiger partial charge in [-0.25, -0.2) is 13.4 Å². The maximum atomic E-state index is 12.5. The fourth-order valence-electron chi connectivity index (χ4n) is 1.59. The van der Waals surface area contributed by atoms with Gasteiger partial charge in [0.2, 0.25) is 0 Å². The summed E-state index contributed by atoms with van der Waals surface area (Å²) in [6, 6.07) is 4.44. The molecule has 0 aliphatic heterocycles. The van der Waals surface area contributed by atoms with E-state index in [1.54, 1.807) is 13.0 Å². The van der Waals surface area contributed by atoms with Gasteiger partial charge in [0.1, 0.15) is 4.90 Å². The molecule has 1 aromatic heterocycles. The molecular weight excluding hydrogens is 422 g/mol. The largest absolute Gasteiger partial charge is 0.276 e. The average Bonchev–Trinajstić information content (AvgIpc) is 2.39. The summed E-state index contributed by atoms with van der Waals surface area (Å²) in [7, 11) is -4.00. The summed E-state index contributed by atoms with van der Waals surface area (Å²) in [4.78, 5) is 3.68. The van der Waals surface area contributed by atoms with Crippen molar-refractivity contribution in [3.63, 3.8) is 0 Å². The Labute approximate surface area is 145 Å². The van der Waals surface area contributed by atoms with Crippen LogP contribution in [0.1, 0.15) is 5.56 Å². The molecular formula is C12H8BrCl3N2O2S. The predicted molar refractivity (Wildman–Crippen MR) is 89.0 cm³/mol. The number of halogens is 4. The van der Waals surface area contributed by atoms with Crippen LogP contribution in [0.2, 0.25) is 15.2 Å². The highest BCUT2D eigenvalue weighted by Gasteiger charge is 2.24. The minimum absolute atomic E-state index is 0.0201. The molecule has 0 atom stereocenters. The zero-order valence-electron chi connectivity index (χ0n) is 10.5. The Morgan fingerprint density at radius 2 is 1.76 bits per heavy atom. The van der Waals surface area contributed by atoms with E-state index < -0.39 is 10.0 Å². The van der Waals surface area contributed by atoms with Crippen LogP contribution in [0.15, 0.2) is 33.8 Å². The summed E-state index contributed by atoms with van der Waals surface area (Å²) in [6.07, 6.45) is 1.48. The van der Waals surface area contributed by atoms with E-state index in [4.69, 9.17) is 34.8 Å². The van der Waals surface area contributed by atoms with Crippen LogP contribution < -0.4 is 4.72 Å². The summed E-state index contributed by atoms with van der Waals surface area (Å²) < 4.78 is 27.9. The molecule has 0 spiro atoms. The van der Waals surface area contributed by atoms with Crippen LogP contribution in [-0.2, 0) is 10.0 Å². The van der Waals surface area contributed by atoms with Gasteiger partial charge in [-0.15, -0.1) is 0 Å². The first-order valence-corrected chi connectivity index (χ1v) is 8.92. The highest BCUT2D eigenvalue weighted by Crippen LogP contribution is 2.34. The summed E-state index contributed by atoms with van der Waals surface area (Å²) in [5.74, 6) is 0. The van der Waals surface area contributed by atoms with E-state index in [-0.39, 0.29) is 25.8 Å². The second kappa shape index (κ2) is 6.30. The number of benzene rings is 1. The Bertz CT molecular complexity index is 792. The molecule has 4 nitrogen and oxygen atoms in total. The number of hydrogen-bond acceptors (Lipinski definition) is 3. The molecule has 0 unspecified atom stereocenters. The minimum atomic E-state index is -4.00. The van der Waals surface area contributed by atoms with Gasteiger partial charge in [-0.2, -0.15) is 0 Å². The normalized spacial score (nSPS) is 11.5. The number of anilines is 1. The van der Waals surface area contributed by atoms with Gasteiger partial charge in [0.15, 0.2) is 5.15 Å². The van der Waals surface area contributed by atoms with Gasteiger partial charge in [0, 0.05) is 10.7 Å². The lowest BCUT2D eigenvalue weighted by molar-refractivity contribution is 0.601. The van der Waals surface area contributed by atoms with Crippen LogP contribution in [0, 0.1) is 6.92 Å². The van der Waals surface area contributed by atoms with Crippen molar-refractivity contribution >= 4 is 66.4 Å². The second-order valence-electron chi connectivity index (χ2n) is 4.05. The highest BCUT2D eigenvalue weighted by molar-refractivity contribution is 9.10. The number of hydrogen-bond donors (Lipinski definition) is 1. The van der Waals surface area contributed by atoms with Gasteiger partial charge in [0.05, 0.1) is 15.7 Å². The SMILES string of the molecule is Cc1c(Br)cnc(Cl)c1NS(=O)(=O)c1c(Cl)cccc1Cl. The number of nitrogens with zero attached hydrogens (tertiary/aromatic N) is 1. The van der Waals surface area contributed by atoms with Gasteiger partial charge in [-0.3, -0.25) is 4.72 Å². The van der Waals surface area contributed by atoms with E-state index >= 15 is 0 Å². The van der Waals surface area contributed by atoms with Crippen molar-refractivity contribution in [1.29, 1.82) is 0 Å². The molecule has 0 aliphatic rings. The average molecular weight is 431 g/mol. The van der Waals surface area contributed by atoms with Gasteiger partial charge in [-0.1, -0.05) is 40.9 Å². The molecule has 0 amide bonds. The van der Waals surface area contributed by atoms with E-state index in [0.29, 0.717) is 10.0 Å². The molecule has 21 heavy (non-hydrogen) atoms. The summed E-state index contributed by atoms with van der Waals surface area (Å²) >= 11 is 21.1. The number of pyridine rings is 1. The van der Waals surface area contributed by atoms with E-state index in [1.165, 1.54) is 18.3 Å². The molecule has 1 aromatic carbocycles. The van der Waals surface area contributed by atoms with Gasteiger partial charge >= 0.3 is 0 Å². The summed E-state index contributed by atoms with van der Waals surface area (Å²) in [5.41, 5.74) is 0.767. The fraction of sp³-hybridized carbons (Fsp3) is 0.0833. The number of sulfonamides is 1. The van der Waals surface area contributed by atoms with Crippen LogP contribution in [-0.4, -0.2) is 13.4 Å². The molecule has 1 heterocycles. The third-order valence-electron chi connectivity index (χ3n) is 2.65. The first-order valence-electron chi connectivity index (χ1n) is 5.51. The van der Waals surface area contributed by atoms with Crippen LogP contribution >= 0.6 is 50.7 Å². The molecule has 112 valence electrons. The maximum absolute atomic E-state index is 12.5. The quantitative estimate of drug-likeness (QED) is 0.704. The lowest BCUT2D eigenvalue weighted by Gasteiger charge is -2.14. The molecule has 0 aliphatic carbocycles. The fourth-order valence-corrected chi connectivity index (χ4v) is 4.46. The third-order valence-corrected chi connectivity index (χ3v) is 6.05. The van der Waals surface area contributed by atoms with Crippen LogP contribution in [0.5, 0.6) is 0 Å². The van der Waals surface area contributed by atoms with Crippen molar-refractivity contribution in [2.75, 3.05) is 4.72 Å². The van der Waals surface area contributed by atoms with Crippen molar-refractivity contribution in [3.05, 3.63) is 49.6 Å². The van der Waals surface area contributed by atoms with Crippen molar-refractivity contribution in [1.82, 2.24) is 4.98 Å². The van der Waals surface area contributed by atoms with Crippen LogP contribution in [0.4, 0.5) is 5.69 Å². The van der Waals surface area contributed by atoms with Crippen molar-refractivity contribution in [3.8, 4) is 0 Å². The van der Waals surface area contributed by atoms with Crippen LogP contribution in [0.3, 0.4) is 0 Å². The highest BCUT2D eigenvalue weighted by atomic mass is 79.9. The molecule has 2 aromatic rings. The lowest BCUT2D eigenvalue weighted by atomic mass is 10.3. The smallest absolute Gasteiger partial charge is 0.264 e. The zero-order chi connectivity index (χ0) is 15.8. The summed E-state index contributed by atoms with van der Waals surface area (Å²) in [6.45, 7) is 1.70. The van der Waals surface area contributed by atoms with E-state index in [2.05, 4.69) is 25.6 Å². The minimum Gasteiger partial charge on any atom is -0.276 e. The van der Waals surface area contributed by atoms with E-state index in [0.717, 1.165) is 0 Å². The van der Waals surface area contributed by atoms with Crippen molar-refractivity contribution < 1.29 is 8.42 Å². The topological polar surface area (TPSA) is 59.1 Å². The molecule has 0 saturated carbocycles. The number of nitrogens with one attached hydrogen (secondary N) is 1. The first-order chi connectivity index (χ1) is 9.74.